The van der Waals surface area contributed by atoms with Crippen molar-refractivity contribution >= 4 is 6.03 Å². The fourth-order valence-electron chi connectivity index (χ4n) is 2.85. The third kappa shape index (κ3) is 2.58. The van der Waals surface area contributed by atoms with Crippen LogP contribution >= 0.6 is 0 Å². The molecule has 1 N–H and O–H groups in total. The number of carbonyl (C=O) groups excluding carboxylic acids is 1. The van der Waals surface area contributed by atoms with Crippen LogP contribution in [0.5, 0.6) is 0 Å². The number of likely N-dealkylation sites (tertiary alicyclic amines) is 1. The molecular formula is C17H22N4O. The lowest BCUT2D eigenvalue weighted by atomic mass is 9.89. The van der Waals surface area contributed by atoms with Gasteiger partial charge in [0.15, 0.2) is 0 Å². The third-order valence-corrected chi connectivity index (χ3v) is 4.37. The summed E-state index contributed by atoms with van der Waals surface area (Å²) in [5.41, 5.74) is 2.01. The van der Waals surface area contributed by atoms with Crippen LogP contribution in [0.1, 0.15) is 31.8 Å². The number of aromatic nitrogens is 2. The minimum absolute atomic E-state index is 0.00489. The molecule has 0 spiro atoms. The number of hydrogen-bond donors (Lipinski definition) is 1. The number of nitrogens with zero attached hydrogens (tertiary/aromatic N) is 3. The van der Waals surface area contributed by atoms with Crippen molar-refractivity contribution in [2.24, 2.45) is 0 Å². The van der Waals surface area contributed by atoms with E-state index in [1.165, 1.54) is 0 Å². The molecule has 1 aromatic carbocycles. The van der Waals surface area contributed by atoms with Crippen molar-refractivity contribution in [1.29, 1.82) is 0 Å². The zero-order valence-electron chi connectivity index (χ0n) is 13.3. The Labute approximate surface area is 131 Å². The quantitative estimate of drug-likeness (QED) is 0.947. The van der Waals surface area contributed by atoms with Gasteiger partial charge >= 0.3 is 6.03 Å². The predicted molar refractivity (Wildman–Crippen MR) is 85.9 cm³/mol. The van der Waals surface area contributed by atoms with E-state index in [2.05, 4.69) is 28.7 Å². The van der Waals surface area contributed by atoms with E-state index >= 15 is 0 Å². The monoisotopic (exact) mass is 298 g/mol. The van der Waals surface area contributed by atoms with Crippen molar-refractivity contribution in [3.05, 3.63) is 48.0 Å². The van der Waals surface area contributed by atoms with Crippen LogP contribution in [0.4, 0.5) is 4.79 Å². The van der Waals surface area contributed by atoms with E-state index in [4.69, 9.17) is 0 Å². The van der Waals surface area contributed by atoms with Crippen molar-refractivity contribution in [3.8, 4) is 5.69 Å². The molecule has 3 rings (SSSR count). The summed E-state index contributed by atoms with van der Waals surface area (Å²) in [6.07, 6.45) is 2.88. The van der Waals surface area contributed by atoms with Crippen LogP contribution in [0.25, 0.3) is 5.69 Å². The Morgan fingerprint density at radius 2 is 2.05 bits per heavy atom. The van der Waals surface area contributed by atoms with E-state index in [-0.39, 0.29) is 11.6 Å². The summed E-state index contributed by atoms with van der Waals surface area (Å²) in [5.74, 6) is 0.916. The summed E-state index contributed by atoms with van der Waals surface area (Å²) in [4.78, 5) is 18.5. The first kappa shape index (κ1) is 14.6. The van der Waals surface area contributed by atoms with Crippen LogP contribution in [0.15, 0.2) is 36.5 Å². The molecule has 0 bridgehead atoms. The number of aryl methyl sites for hydroxylation is 1. The van der Waals surface area contributed by atoms with Gasteiger partial charge in [-0.3, -0.25) is 4.57 Å². The maximum absolute atomic E-state index is 12.3. The van der Waals surface area contributed by atoms with Gasteiger partial charge in [-0.15, -0.1) is 0 Å². The normalized spacial score (nSPS) is 16.2. The first-order valence-electron chi connectivity index (χ1n) is 7.63. The average molecular weight is 298 g/mol. The third-order valence-electron chi connectivity index (χ3n) is 4.37. The van der Waals surface area contributed by atoms with E-state index in [1.807, 2.05) is 48.4 Å². The molecule has 1 saturated heterocycles. The van der Waals surface area contributed by atoms with Gasteiger partial charge in [0, 0.05) is 17.8 Å². The Hall–Kier alpha value is -2.30. The summed E-state index contributed by atoms with van der Waals surface area (Å²) in [6.45, 7) is 7.46. The first-order valence-corrected chi connectivity index (χ1v) is 7.63. The predicted octanol–water partition coefficient (Wildman–Crippen LogP) is 2.87. The number of para-hydroxylation sites is 1. The van der Waals surface area contributed by atoms with E-state index in [0.29, 0.717) is 6.54 Å². The molecule has 0 atom stereocenters. The SMILES string of the molecule is Cc1ncc(CNC(=O)N2CCC2(C)C)n1-c1ccccc1. The summed E-state index contributed by atoms with van der Waals surface area (Å²) >= 11 is 0. The lowest BCUT2D eigenvalue weighted by molar-refractivity contribution is 0.0530. The molecule has 22 heavy (non-hydrogen) atoms. The molecule has 116 valence electrons. The summed E-state index contributed by atoms with van der Waals surface area (Å²) in [5, 5.41) is 3.01. The molecule has 0 unspecified atom stereocenters. The average Bonchev–Trinajstić information content (AvgIpc) is 2.86. The largest absolute Gasteiger partial charge is 0.332 e. The number of imidazole rings is 1. The fourth-order valence-corrected chi connectivity index (χ4v) is 2.85. The van der Waals surface area contributed by atoms with Gasteiger partial charge in [0.05, 0.1) is 18.4 Å². The molecular weight excluding hydrogens is 276 g/mol. The highest BCUT2D eigenvalue weighted by molar-refractivity contribution is 5.76. The van der Waals surface area contributed by atoms with Gasteiger partial charge in [-0.1, -0.05) is 18.2 Å². The molecule has 1 aromatic heterocycles. The van der Waals surface area contributed by atoms with Crippen LogP contribution in [0.3, 0.4) is 0 Å². The highest BCUT2D eigenvalue weighted by Gasteiger charge is 2.39. The Morgan fingerprint density at radius 1 is 1.32 bits per heavy atom. The molecule has 2 heterocycles. The molecule has 1 aliphatic heterocycles. The zero-order valence-corrected chi connectivity index (χ0v) is 13.3. The number of carbonyl (C=O) groups is 1. The van der Waals surface area contributed by atoms with Crippen LogP contribution in [-0.2, 0) is 6.54 Å². The summed E-state index contributed by atoms with van der Waals surface area (Å²) in [7, 11) is 0. The number of amides is 2. The Kier molecular flexibility index (Phi) is 3.64. The van der Waals surface area contributed by atoms with Crippen molar-refractivity contribution in [3.63, 3.8) is 0 Å². The van der Waals surface area contributed by atoms with Crippen LogP contribution in [0, 0.1) is 6.92 Å². The lowest BCUT2D eigenvalue weighted by Gasteiger charge is -2.48. The van der Waals surface area contributed by atoms with Crippen molar-refractivity contribution in [1.82, 2.24) is 19.8 Å². The second kappa shape index (κ2) is 5.48. The molecule has 5 heteroatoms. The van der Waals surface area contributed by atoms with Crippen LogP contribution in [-0.4, -0.2) is 32.6 Å². The standard InChI is InChI=1S/C17H22N4O/c1-13-18-11-15(21(13)14-7-5-4-6-8-14)12-19-16(22)20-10-9-17(20,2)3/h4-8,11H,9-10,12H2,1-3H3,(H,19,22). The van der Waals surface area contributed by atoms with E-state index in [9.17, 15) is 4.79 Å². The molecule has 5 nitrogen and oxygen atoms in total. The van der Waals surface area contributed by atoms with Crippen molar-refractivity contribution < 1.29 is 4.79 Å². The molecule has 1 aliphatic rings. The lowest BCUT2D eigenvalue weighted by Crippen LogP contribution is -2.61. The highest BCUT2D eigenvalue weighted by atomic mass is 16.2. The molecule has 0 saturated carbocycles. The number of urea groups is 1. The van der Waals surface area contributed by atoms with E-state index in [1.54, 1.807) is 0 Å². The van der Waals surface area contributed by atoms with E-state index in [0.717, 1.165) is 30.2 Å². The van der Waals surface area contributed by atoms with Gasteiger partial charge < -0.3 is 10.2 Å². The van der Waals surface area contributed by atoms with Crippen molar-refractivity contribution in [2.45, 2.75) is 39.3 Å². The smallest absolute Gasteiger partial charge is 0.318 e. The van der Waals surface area contributed by atoms with E-state index < -0.39 is 0 Å². The minimum Gasteiger partial charge on any atom is -0.332 e. The van der Waals surface area contributed by atoms with Gasteiger partial charge in [-0.25, -0.2) is 9.78 Å². The maximum atomic E-state index is 12.3. The Balaban J connectivity index is 1.73. The highest BCUT2D eigenvalue weighted by Crippen LogP contribution is 2.29. The van der Waals surface area contributed by atoms with Gasteiger partial charge in [0.25, 0.3) is 0 Å². The number of nitrogens with one attached hydrogen (secondary N) is 1. The van der Waals surface area contributed by atoms with Crippen molar-refractivity contribution in [2.75, 3.05) is 6.54 Å². The topological polar surface area (TPSA) is 50.2 Å². The number of rotatable bonds is 3. The van der Waals surface area contributed by atoms with Crippen LogP contribution < -0.4 is 5.32 Å². The maximum Gasteiger partial charge on any atom is 0.318 e. The van der Waals surface area contributed by atoms with Gasteiger partial charge in [-0.05, 0) is 39.3 Å². The number of hydrogen-bond acceptors (Lipinski definition) is 2. The van der Waals surface area contributed by atoms with Crippen LogP contribution in [0.2, 0.25) is 0 Å². The molecule has 1 fully saturated rings. The summed E-state index contributed by atoms with van der Waals surface area (Å²) < 4.78 is 2.07. The van der Waals surface area contributed by atoms with Gasteiger partial charge in [0.2, 0.25) is 0 Å². The first-order chi connectivity index (χ1) is 10.5. The second-order valence-electron chi connectivity index (χ2n) is 6.34. The molecule has 0 aliphatic carbocycles. The zero-order chi connectivity index (χ0) is 15.7. The Morgan fingerprint density at radius 3 is 2.64 bits per heavy atom. The van der Waals surface area contributed by atoms with Gasteiger partial charge in [-0.2, -0.15) is 0 Å². The minimum atomic E-state index is -0.0281. The molecule has 2 aromatic rings. The second-order valence-corrected chi connectivity index (χ2v) is 6.34. The number of benzene rings is 1. The van der Waals surface area contributed by atoms with Gasteiger partial charge in [0.1, 0.15) is 5.82 Å². The molecule has 0 radical (unpaired) electrons. The Bertz CT molecular complexity index is 675. The summed E-state index contributed by atoms with van der Waals surface area (Å²) in [6, 6.07) is 10.1. The molecule has 2 amide bonds. The fraction of sp³-hybridized carbons (Fsp3) is 0.412.